The average molecular weight is 300 g/mol. The van der Waals surface area contributed by atoms with Gasteiger partial charge in [-0.25, -0.2) is 4.39 Å². The van der Waals surface area contributed by atoms with Crippen LogP contribution >= 0.6 is 11.3 Å². The Morgan fingerprint density at radius 2 is 1.86 bits per heavy atom. The van der Waals surface area contributed by atoms with Gasteiger partial charge in [-0.05, 0) is 47.9 Å². The second-order valence-corrected chi connectivity index (χ2v) is 5.83. The lowest BCUT2D eigenvalue weighted by atomic mass is 10.2. The highest BCUT2D eigenvalue weighted by Gasteiger charge is 2.16. The molecule has 0 spiro atoms. The maximum atomic E-state index is 13.2. The Balaban J connectivity index is 1.94. The number of hydrogen-bond donors (Lipinski definition) is 1. The minimum absolute atomic E-state index is 0.124. The van der Waals surface area contributed by atoms with Crippen LogP contribution in [0.1, 0.15) is 9.67 Å². The molecule has 1 heterocycles. The number of hydrogen-bond acceptors (Lipinski definition) is 3. The quantitative estimate of drug-likeness (QED) is 0.730. The number of nitrogen functional groups attached to an aromatic ring is 1. The lowest BCUT2D eigenvalue weighted by Gasteiger charge is -2.16. The predicted molar refractivity (Wildman–Crippen MR) is 85.4 cm³/mol. The number of anilines is 2. The molecule has 3 rings (SSSR count). The molecule has 5 heteroatoms. The zero-order valence-electron chi connectivity index (χ0n) is 11.3. The van der Waals surface area contributed by atoms with Crippen LogP contribution in [0.2, 0.25) is 0 Å². The van der Waals surface area contributed by atoms with Gasteiger partial charge in [-0.1, -0.05) is 6.07 Å². The Labute approximate surface area is 125 Å². The first kappa shape index (κ1) is 13.6. The van der Waals surface area contributed by atoms with Crippen LogP contribution in [0.25, 0.3) is 10.1 Å². The summed E-state index contributed by atoms with van der Waals surface area (Å²) in [6.45, 7) is 0. The van der Waals surface area contributed by atoms with Gasteiger partial charge in [-0.15, -0.1) is 11.3 Å². The van der Waals surface area contributed by atoms with Crippen molar-refractivity contribution in [1.82, 2.24) is 0 Å². The van der Waals surface area contributed by atoms with E-state index in [9.17, 15) is 9.18 Å². The van der Waals surface area contributed by atoms with Crippen LogP contribution in [0, 0.1) is 5.82 Å². The first-order valence-electron chi connectivity index (χ1n) is 6.37. The van der Waals surface area contributed by atoms with E-state index in [2.05, 4.69) is 0 Å². The van der Waals surface area contributed by atoms with Gasteiger partial charge < -0.3 is 10.6 Å². The molecule has 2 N–H and O–H groups in total. The van der Waals surface area contributed by atoms with Crippen molar-refractivity contribution in [1.29, 1.82) is 0 Å². The average Bonchev–Trinajstić information content (AvgIpc) is 2.89. The van der Waals surface area contributed by atoms with Crippen molar-refractivity contribution in [3.05, 3.63) is 59.2 Å². The van der Waals surface area contributed by atoms with Crippen LogP contribution in [-0.4, -0.2) is 13.0 Å². The summed E-state index contributed by atoms with van der Waals surface area (Å²) in [5.41, 5.74) is 7.05. The van der Waals surface area contributed by atoms with E-state index in [4.69, 9.17) is 5.73 Å². The lowest BCUT2D eigenvalue weighted by molar-refractivity contribution is 0.0997. The highest BCUT2D eigenvalue weighted by molar-refractivity contribution is 7.20. The molecule has 21 heavy (non-hydrogen) atoms. The molecule has 0 aliphatic heterocycles. The van der Waals surface area contributed by atoms with Crippen molar-refractivity contribution in [2.24, 2.45) is 0 Å². The Morgan fingerprint density at radius 1 is 1.14 bits per heavy atom. The molecule has 3 aromatic rings. The second kappa shape index (κ2) is 5.18. The number of carbonyl (C=O) groups excluding carboxylic acids is 1. The monoisotopic (exact) mass is 300 g/mol. The Bertz CT molecular complexity index is 811. The number of rotatable bonds is 2. The van der Waals surface area contributed by atoms with E-state index in [1.54, 1.807) is 48.3 Å². The summed E-state index contributed by atoms with van der Waals surface area (Å²) in [4.78, 5) is 14.6. The van der Waals surface area contributed by atoms with E-state index in [0.29, 0.717) is 10.6 Å². The van der Waals surface area contributed by atoms with E-state index < -0.39 is 0 Å². The second-order valence-electron chi connectivity index (χ2n) is 4.75. The highest BCUT2D eigenvalue weighted by atomic mass is 32.1. The molecule has 0 atom stereocenters. The molecule has 0 aliphatic rings. The smallest absolute Gasteiger partial charge is 0.268 e. The summed E-state index contributed by atoms with van der Waals surface area (Å²) in [5, 5.41) is 0.871. The van der Waals surface area contributed by atoms with Gasteiger partial charge in [0.25, 0.3) is 5.91 Å². The SMILES string of the molecule is CN(C(=O)c1cc2ccc(F)cc2s1)c1ccc(N)cc1. The zero-order chi connectivity index (χ0) is 15.0. The van der Waals surface area contributed by atoms with Crippen molar-refractivity contribution in [3.8, 4) is 0 Å². The number of amides is 1. The Hall–Kier alpha value is -2.40. The topological polar surface area (TPSA) is 46.3 Å². The fraction of sp³-hybridized carbons (Fsp3) is 0.0625. The van der Waals surface area contributed by atoms with Gasteiger partial charge in [-0.3, -0.25) is 4.79 Å². The molecule has 0 radical (unpaired) electrons. The molecule has 2 aromatic carbocycles. The van der Waals surface area contributed by atoms with Crippen molar-refractivity contribution in [2.75, 3.05) is 17.7 Å². The number of fused-ring (bicyclic) bond motifs is 1. The normalized spacial score (nSPS) is 10.8. The van der Waals surface area contributed by atoms with Crippen LogP contribution in [-0.2, 0) is 0 Å². The molecule has 106 valence electrons. The van der Waals surface area contributed by atoms with Gasteiger partial charge in [0.2, 0.25) is 0 Å². The van der Waals surface area contributed by atoms with Crippen LogP contribution in [0.3, 0.4) is 0 Å². The third kappa shape index (κ3) is 2.60. The summed E-state index contributed by atoms with van der Waals surface area (Å²) >= 11 is 1.29. The minimum Gasteiger partial charge on any atom is -0.399 e. The van der Waals surface area contributed by atoms with Gasteiger partial charge in [-0.2, -0.15) is 0 Å². The number of nitrogens with zero attached hydrogens (tertiary/aromatic N) is 1. The van der Waals surface area contributed by atoms with Gasteiger partial charge in [0.15, 0.2) is 0 Å². The maximum Gasteiger partial charge on any atom is 0.268 e. The van der Waals surface area contributed by atoms with E-state index in [-0.39, 0.29) is 11.7 Å². The van der Waals surface area contributed by atoms with Crippen molar-refractivity contribution in [3.63, 3.8) is 0 Å². The van der Waals surface area contributed by atoms with E-state index in [1.165, 1.54) is 23.5 Å². The predicted octanol–water partition coefficient (Wildman–Crippen LogP) is 3.90. The summed E-state index contributed by atoms with van der Waals surface area (Å²) in [6, 6.07) is 13.4. The Kier molecular flexibility index (Phi) is 3.35. The van der Waals surface area contributed by atoms with Crippen molar-refractivity contribution >= 4 is 38.7 Å². The van der Waals surface area contributed by atoms with Gasteiger partial charge in [0.1, 0.15) is 5.82 Å². The van der Waals surface area contributed by atoms with E-state index in [0.717, 1.165) is 15.8 Å². The van der Waals surface area contributed by atoms with E-state index in [1.807, 2.05) is 0 Å². The minimum atomic E-state index is -0.296. The molecule has 0 aliphatic carbocycles. The number of nitrogens with two attached hydrogens (primary N) is 1. The van der Waals surface area contributed by atoms with Crippen molar-refractivity contribution in [2.45, 2.75) is 0 Å². The Morgan fingerprint density at radius 3 is 2.57 bits per heavy atom. The molecular formula is C16H13FN2OS. The maximum absolute atomic E-state index is 13.2. The summed E-state index contributed by atoms with van der Waals surface area (Å²) in [7, 11) is 1.71. The standard InChI is InChI=1S/C16H13FN2OS/c1-19(13-6-4-12(18)5-7-13)16(20)15-8-10-2-3-11(17)9-14(10)21-15/h2-9H,18H2,1H3. The number of benzene rings is 2. The van der Waals surface area contributed by atoms with E-state index >= 15 is 0 Å². The summed E-state index contributed by atoms with van der Waals surface area (Å²) in [6.07, 6.45) is 0. The van der Waals surface area contributed by atoms with Crippen LogP contribution in [0.4, 0.5) is 15.8 Å². The van der Waals surface area contributed by atoms with Crippen LogP contribution in [0.15, 0.2) is 48.5 Å². The molecule has 0 saturated carbocycles. The zero-order valence-corrected chi connectivity index (χ0v) is 12.2. The lowest BCUT2D eigenvalue weighted by Crippen LogP contribution is -2.25. The van der Waals surface area contributed by atoms with Gasteiger partial charge >= 0.3 is 0 Å². The number of halogens is 1. The molecular weight excluding hydrogens is 287 g/mol. The first-order valence-corrected chi connectivity index (χ1v) is 7.19. The molecule has 0 bridgehead atoms. The number of thiophene rings is 1. The fourth-order valence-corrected chi connectivity index (χ4v) is 3.15. The first-order chi connectivity index (χ1) is 10.0. The molecule has 1 amide bonds. The molecule has 3 nitrogen and oxygen atoms in total. The molecule has 0 unspecified atom stereocenters. The van der Waals surface area contributed by atoms with Gasteiger partial charge in [0, 0.05) is 23.1 Å². The fourth-order valence-electron chi connectivity index (χ4n) is 2.09. The largest absolute Gasteiger partial charge is 0.399 e. The van der Waals surface area contributed by atoms with Crippen LogP contribution in [0.5, 0.6) is 0 Å². The molecule has 1 aromatic heterocycles. The third-order valence-electron chi connectivity index (χ3n) is 3.28. The van der Waals surface area contributed by atoms with Crippen molar-refractivity contribution < 1.29 is 9.18 Å². The third-order valence-corrected chi connectivity index (χ3v) is 4.36. The highest BCUT2D eigenvalue weighted by Crippen LogP contribution is 2.28. The van der Waals surface area contributed by atoms with Crippen LogP contribution < -0.4 is 10.6 Å². The molecule has 0 fully saturated rings. The summed E-state index contributed by atoms with van der Waals surface area (Å²) in [5.74, 6) is -0.420. The number of carbonyl (C=O) groups is 1. The molecule has 0 saturated heterocycles. The van der Waals surface area contributed by atoms with Gasteiger partial charge in [0.05, 0.1) is 4.88 Å². The summed E-state index contributed by atoms with van der Waals surface area (Å²) < 4.78 is 14.0.